The lowest BCUT2D eigenvalue weighted by Gasteiger charge is -2.30. The van der Waals surface area contributed by atoms with Crippen LogP contribution in [0.15, 0.2) is 33.4 Å². The van der Waals surface area contributed by atoms with E-state index >= 15 is 0 Å². The molecule has 1 aliphatic heterocycles. The zero-order chi connectivity index (χ0) is 19.0. The van der Waals surface area contributed by atoms with Gasteiger partial charge < -0.3 is 16.0 Å². The molecular weight excluding hydrogens is 390 g/mol. The highest BCUT2D eigenvalue weighted by Gasteiger charge is 2.39. The Hall–Kier alpha value is -1.11. The van der Waals surface area contributed by atoms with Crippen molar-refractivity contribution in [1.29, 1.82) is 0 Å². The fourth-order valence-corrected chi connectivity index (χ4v) is 5.78. The largest absolute Gasteiger partial charge is 0.397 e. The van der Waals surface area contributed by atoms with E-state index < -0.39 is 36.0 Å². The summed E-state index contributed by atoms with van der Waals surface area (Å²) in [6.45, 7) is 1.51. The van der Waals surface area contributed by atoms with E-state index in [1.54, 1.807) is 19.0 Å². The molecule has 2 rings (SSSR count). The van der Waals surface area contributed by atoms with E-state index in [1.165, 1.54) is 16.6 Å². The van der Waals surface area contributed by atoms with Crippen LogP contribution in [-0.2, 0) is 20.0 Å². The molecule has 2 aliphatic rings. The molecule has 1 atom stereocenters. The highest BCUT2D eigenvalue weighted by molar-refractivity contribution is 7.94. The van der Waals surface area contributed by atoms with Crippen molar-refractivity contribution >= 4 is 31.6 Å². The van der Waals surface area contributed by atoms with Crippen molar-refractivity contribution in [3.63, 3.8) is 0 Å². The fourth-order valence-electron chi connectivity index (χ4n) is 2.65. The third-order valence-corrected chi connectivity index (χ3v) is 7.37. The van der Waals surface area contributed by atoms with Crippen LogP contribution < -0.4 is 16.2 Å². The van der Waals surface area contributed by atoms with Gasteiger partial charge in [0, 0.05) is 46.5 Å². The molecule has 1 aliphatic carbocycles. The van der Waals surface area contributed by atoms with Crippen LogP contribution in [0.2, 0.25) is 0 Å². The van der Waals surface area contributed by atoms with E-state index in [1.807, 2.05) is 0 Å². The molecule has 1 unspecified atom stereocenters. The normalized spacial score (nSPS) is 25.2. The van der Waals surface area contributed by atoms with E-state index in [9.17, 15) is 16.8 Å². The number of primary sulfonamides is 1. The van der Waals surface area contributed by atoms with Crippen molar-refractivity contribution in [1.82, 2.24) is 14.5 Å². The van der Waals surface area contributed by atoms with Crippen LogP contribution in [0.4, 0.5) is 0 Å². The summed E-state index contributed by atoms with van der Waals surface area (Å²) < 4.78 is 51.1. The molecule has 0 saturated carbocycles. The van der Waals surface area contributed by atoms with Crippen molar-refractivity contribution in [2.75, 3.05) is 40.3 Å². The fraction of sp³-hybridized carbons (Fsp3) is 0.538. The van der Waals surface area contributed by atoms with Gasteiger partial charge >= 0.3 is 0 Å². The Morgan fingerprint density at radius 2 is 1.84 bits per heavy atom. The molecule has 1 fully saturated rings. The molecular formula is C13H22ClN5O4S2. The number of nitrogens with one attached hydrogen (secondary N) is 1. The van der Waals surface area contributed by atoms with Crippen molar-refractivity contribution in [2.24, 2.45) is 10.9 Å². The molecule has 25 heavy (non-hydrogen) atoms. The number of piperazine rings is 1. The van der Waals surface area contributed by atoms with Crippen molar-refractivity contribution in [3.8, 4) is 0 Å². The van der Waals surface area contributed by atoms with Crippen LogP contribution in [0.5, 0.6) is 0 Å². The predicted octanol–water partition coefficient (Wildman–Crippen LogP) is -1.37. The van der Waals surface area contributed by atoms with Gasteiger partial charge in [0.05, 0.1) is 11.1 Å². The van der Waals surface area contributed by atoms with Gasteiger partial charge in [0.2, 0.25) is 20.0 Å². The Balaban J connectivity index is 2.65. The second-order valence-corrected chi connectivity index (χ2v) is 9.81. The second-order valence-electron chi connectivity index (χ2n) is 5.94. The number of nitrogens with two attached hydrogens (primary N) is 2. The average molecular weight is 412 g/mol. The SMILES string of the molecule is CN(C)C=C1C=C(S(=O)(=O)N2CCNCC2)C(N)=C(S(N)(=O)=O)C1Cl. The molecule has 9 nitrogen and oxygen atoms in total. The molecule has 1 heterocycles. The van der Waals surface area contributed by atoms with Crippen LogP contribution in [0.1, 0.15) is 0 Å². The van der Waals surface area contributed by atoms with Gasteiger partial charge in [-0.05, 0) is 11.6 Å². The molecule has 0 aromatic carbocycles. The van der Waals surface area contributed by atoms with Gasteiger partial charge in [0.15, 0.2) is 0 Å². The van der Waals surface area contributed by atoms with E-state index in [4.69, 9.17) is 22.5 Å². The Bertz CT molecular complexity index is 840. The first kappa shape index (κ1) is 20.2. The summed E-state index contributed by atoms with van der Waals surface area (Å²) in [6, 6.07) is 0. The van der Waals surface area contributed by atoms with Crippen LogP contribution in [0.25, 0.3) is 0 Å². The molecule has 0 aromatic heterocycles. The van der Waals surface area contributed by atoms with Gasteiger partial charge in [0.1, 0.15) is 9.81 Å². The van der Waals surface area contributed by atoms with Crippen molar-refractivity contribution < 1.29 is 16.8 Å². The Kier molecular flexibility index (Phi) is 5.86. The zero-order valence-electron chi connectivity index (χ0n) is 13.9. The number of halogens is 1. The maximum Gasteiger partial charge on any atom is 0.245 e. The first-order valence-corrected chi connectivity index (χ1v) is 10.9. The first-order chi connectivity index (χ1) is 11.5. The number of allylic oxidation sites excluding steroid dienone is 3. The van der Waals surface area contributed by atoms with Gasteiger partial charge in [-0.15, -0.1) is 11.6 Å². The summed E-state index contributed by atoms with van der Waals surface area (Å²) in [4.78, 5) is 0.820. The summed E-state index contributed by atoms with van der Waals surface area (Å²) in [7, 11) is -4.87. The second kappa shape index (κ2) is 7.25. The highest BCUT2D eigenvalue weighted by Crippen LogP contribution is 2.36. The first-order valence-electron chi connectivity index (χ1n) is 7.44. The lowest BCUT2D eigenvalue weighted by Crippen LogP contribution is -2.47. The van der Waals surface area contributed by atoms with Crippen molar-refractivity contribution in [3.05, 3.63) is 33.4 Å². The van der Waals surface area contributed by atoms with Crippen LogP contribution in [0, 0.1) is 0 Å². The molecule has 12 heteroatoms. The van der Waals surface area contributed by atoms with Gasteiger partial charge in [0.25, 0.3) is 0 Å². The Labute approximate surface area is 153 Å². The summed E-state index contributed by atoms with van der Waals surface area (Å²) in [6.07, 6.45) is 2.83. The van der Waals surface area contributed by atoms with Crippen molar-refractivity contribution in [2.45, 2.75) is 5.38 Å². The highest BCUT2D eigenvalue weighted by atomic mass is 35.5. The number of hydrogen-bond donors (Lipinski definition) is 3. The zero-order valence-corrected chi connectivity index (χ0v) is 16.3. The quantitative estimate of drug-likeness (QED) is 0.485. The van der Waals surface area contributed by atoms with E-state index in [0.29, 0.717) is 13.1 Å². The number of alkyl halides is 1. The topological polar surface area (TPSA) is 139 Å². The molecule has 0 spiro atoms. The number of rotatable bonds is 4. The summed E-state index contributed by atoms with van der Waals surface area (Å²) in [5.74, 6) is 0. The number of nitrogens with zero attached hydrogens (tertiary/aromatic N) is 2. The maximum atomic E-state index is 13.0. The molecule has 5 N–H and O–H groups in total. The maximum absolute atomic E-state index is 13.0. The molecule has 0 amide bonds. The molecule has 142 valence electrons. The lowest BCUT2D eigenvalue weighted by atomic mass is 10.1. The predicted molar refractivity (Wildman–Crippen MR) is 97.2 cm³/mol. The van der Waals surface area contributed by atoms with E-state index in [-0.39, 0.29) is 23.6 Å². The summed E-state index contributed by atoms with van der Waals surface area (Å²) >= 11 is 6.22. The van der Waals surface area contributed by atoms with Crippen LogP contribution in [0.3, 0.4) is 0 Å². The number of hydrogen-bond acceptors (Lipinski definition) is 7. The molecule has 0 bridgehead atoms. The molecule has 0 radical (unpaired) electrons. The summed E-state index contributed by atoms with van der Waals surface area (Å²) in [5.41, 5.74) is 5.73. The number of sulfonamides is 2. The third kappa shape index (κ3) is 4.18. The van der Waals surface area contributed by atoms with E-state index in [0.717, 1.165) is 0 Å². The van der Waals surface area contributed by atoms with Gasteiger partial charge in [-0.2, -0.15) is 4.31 Å². The van der Waals surface area contributed by atoms with Crippen LogP contribution >= 0.6 is 11.6 Å². The minimum Gasteiger partial charge on any atom is -0.397 e. The minimum atomic E-state index is -4.29. The lowest BCUT2D eigenvalue weighted by molar-refractivity contribution is 0.363. The Morgan fingerprint density at radius 1 is 1.28 bits per heavy atom. The average Bonchev–Trinajstić information content (AvgIpc) is 2.49. The van der Waals surface area contributed by atoms with E-state index in [2.05, 4.69) is 5.32 Å². The minimum absolute atomic E-state index is 0.259. The van der Waals surface area contributed by atoms with Gasteiger partial charge in [-0.25, -0.2) is 22.0 Å². The van der Waals surface area contributed by atoms with Crippen LogP contribution in [-0.4, -0.2) is 71.7 Å². The standard InChI is InChI=1S/C13H22ClN5O4S2/c1-18(2)8-9-7-10(12(15)13(11(9)14)24(16,20)21)25(22,23)19-5-3-17-4-6-19/h7-8,11,17H,3-6,15H2,1-2H3,(H2,16,20,21). The summed E-state index contributed by atoms with van der Waals surface area (Å²) in [5, 5.41) is 7.12. The Morgan fingerprint density at radius 3 is 2.32 bits per heavy atom. The third-order valence-electron chi connectivity index (χ3n) is 3.76. The molecule has 0 aromatic rings. The smallest absolute Gasteiger partial charge is 0.245 e. The molecule has 1 saturated heterocycles. The van der Waals surface area contributed by atoms with Gasteiger partial charge in [-0.3, -0.25) is 0 Å². The van der Waals surface area contributed by atoms with Gasteiger partial charge in [-0.1, -0.05) is 0 Å². The monoisotopic (exact) mass is 411 g/mol.